The van der Waals surface area contributed by atoms with E-state index in [0.717, 1.165) is 12.0 Å². The highest BCUT2D eigenvalue weighted by molar-refractivity contribution is 5.94. The first-order valence-corrected chi connectivity index (χ1v) is 7.18. The van der Waals surface area contributed by atoms with E-state index in [0.29, 0.717) is 18.7 Å². The maximum Gasteiger partial charge on any atom is 0.253 e. The van der Waals surface area contributed by atoms with Crippen LogP contribution in [-0.2, 0) is 6.42 Å². The number of rotatable bonds is 6. The fraction of sp³-hybridized carbons (Fsp3) is 0.294. The summed E-state index contributed by atoms with van der Waals surface area (Å²) < 4.78 is 18.9. The molecule has 0 aliphatic carbocycles. The molecule has 1 aromatic heterocycles. The van der Waals surface area contributed by atoms with E-state index in [9.17, 15) is 9.18 Å². The number of hydrogen-bond acceptors (Lipinski definition) is 3. The van der Waals surface area contributed by atoms with Crippen LogP contribution in [0.15, 0.2) is 42.7 Å². The van der Waals surface area contributed by atoms with Gasteiger partial charge in [-0.25, -0.2) is 4.39 Å². The van der Waals surface area contributed by atoms with Crippen molar-refractivity contribution in [2.24, 2.45) is 0 Å². The lowest BCUT2D eigenvalue weighted by molar-refractivity contribution is 0.0796. The number of hydrogen-bond donors (Lipinski definition) is 0. The van der Waals surface area contributed by atoms with Crippen molar-refractivity contribution in [2.45, 2.75) is 13.3 Å². The number of ether oxygens (including phenoxy) is 1. The van der Waals surface area contributed by atoms with Crippen molar-refractivity contribution in [3.05, 3.63) is 59.7 Å². The molecule has 0 saturated heterocycles. The molecule has 2 aromatic rings. The van der Waals surface area contributed by atoms with Gasteiger partial charge >= 0.3 is 0 Å². The molecule has 0 spiro atoms. The van der Waals surface area contributed by atoms with E-state index in [4.69, 9.17) is 4.74 Å². The van der Waals surface area contributed by atoms with Crippen molar-refractivity contribution in [1.82, 2.24) is 9.88 Å². The van der Waals surface area contributed by atoms with Gasteiger partial charge in [0.05, 0.1) is 6.61 Å². The van der Waals surface area contributed by atoms with E-state index < -0.39 is 5.82 Å². The average Bonchev–Trinajstić information content (AvgIpc) is 2.55. The van der Waals surface area contributed by atoms with E-state index in [2.05, 4.69) is 4.98 Å². The van der Waals surface area contributed by atoms with Crippen LogP contribution in [0.5, 0.6) is 5.75 Å². The molecular formula is C17H19FN2O2. The lowest BCUT2D eigenvalue weighted by Gasteiger charge is -2.17. The lowest BCUT2D eigenvalue weighted by atomic mass is 10.1. The summed E-state index contributed by atoms with van der Waals surface area (Å²) >= 11 is 0. The Morgan fingerprint density at radius 1 is 1.27 bits per heavy atom. The Bertz CT molecular complexity index is 632. The van der Waals surface area contributed by atoms with Gasteiger partial charge in [0.2, 0.25) is 0 Å². The first-order valence-electron chi connectivity index (χ1n) is 7.18. The van der Waals surface area contributed by atoms with Crippen molar-refractivity contribution >= 4 is 5.91 Å². The quantitative estimate of drug-likeness (QED) is 0.824. The number of benzene rings is 1. The summed E-state index contributed by atoms with van der Waals surface area (Å²) in [5.74, 6) is -0.565. The maximum absolute atomic E-state index is 13.8. The van der Waals surface area contributed by atoms with Crippen LogP contribution in [0.2, 0.25) is 0 Å². The van der Waals surface area contributed by atoms with Crippen molar-refractivity contribution in [2.75, 3.05) is 20.2 Å². The minimum Gasteiger partial charge on any atom is -0.491 e. The number of aromatic nitrogens is 1. The second kappa shape index (κ2) is 7.54. The molecule has 22 heavy (non-hydrogen) atoms. The highest BCUT2D eigenvalue weighted by atomic mass is 19.1. The molecule has 1 amide bonds. The smallest absolute Gasteiger partial charge is 0.253 e. The largest absolute Gasteiger partial charge is 0.491 e. The molecule has 116 valence electrons. The SMILES string of the molecule is CCOc1ccc(C(=O)N(C)CCc2ccncc2)cc1F. The first kappa shape index (κ1) is 15.9. The summed E-state index contributed by atoms with van der Waals surface area (Å²) in [6.45, 7) is 2.72. The van der Waals surface area contributed by atoms with Crippen LogP contribution in [0.1, 0.15) is 22.8 Å². The highest BCUT2D eigenvalue weighted by Gasteiger charge is 2.14. The molecule has 1 heterocycles. The van der Waals surface area contributed by atoms with Crippen molar-refractivity contribution in [1.29, 1.82) is 0 Å². The van der Waals surface area contributed by atoms with Gasteiger partial charge in [0.1, 0.15) is 0 Å². The van der Waals surface area contributed by atoms with Gasteiger partial charge in [-0.2, -0.15) is 0 Å². The zero-order valence-corrected chi connectivity index (χ0v) is 12.8. The predicted octanol–water partition coefficient (Wildman–Crippen LogP) is 2.93. The van der Waals surface area contributed by atoms with Gasteiger partial charge < -0.3 is 9.64 Å². The molecule has 1 aromatic carbocycles. The zero-order chi connectivity index (χ0) is 15.9. The summed E-state index contributed by atoms with van der Waals surface area (Å²) in [5, 5.41) is 0. The van der Waals surface area contributed by atoms with Gasteiger partial charge in [-0.15, -0.1) is 0 Å². The zero-order valence-electron chi connectivity index (χ0n) is 12.8. The first-order chi connectivity index (χ1) is 10.6. The molecule has 0 N–H and O–H groups in total. The van der Waals surface area contributed by atoms with Crippen molar-refractivity contribution in [3.63, 3.8) is 0 Å². The Balaban J connectivity index is 1.99. The van der Waals surface area contributed by atoms with E-state index >= 15 is 0 Å². The maximum atomic E-state index is 13.8. The second-order valence-corrected chi connectivity index (χ2v) is 4.91. The predicted molar refractivity (Wildman–Crippen MR) is 82.5 cm³/mol. The van der Waals surface area contributed by atoms with E-state index in [-0.39, 0.29) is 11.7 Å². The number of pyridine rings is 1. The second-order valence-electron chi connectivity index (χ2n) is 4.91. The third-order valence-electron chi connectivity index (χ3n) is 3.31. The molecule has 0 bridgehead atoms. The molecule has 0 aliphatic rings. The Labute approximate surface area is 129 Å². The Hall–Kier alpha value is -2.43. The van der Waals surface area contributed by atoms with Gasteiger partial charge in [-0.1, -0.05) is 0 Å². The lowest BCUT2D eigenvalue weighted by Crippen LogP contribution is -2.28. The van der Waals surface area contributed by atoms with Gasteiger partial charge in [-0.05, 0) is 49.2 Å². The van der Waals surface area contributed by atoms with Crippen LogP contribution >= 0.6 is 0 Å². The molecule has 0 unspecified atom stereocenters. The highest BCUT2D eigenvalue weighted by Crippen LogP contribution is 2.19. The molecule has 5 heteroatoms. The number of carbonyl (C=O) groups excluding carboxylic acids is 1. The molecule has 0 saturated carbocycles. The number of halogens is 1. The van der Waals surface area contributed by atoms with Crippen LogP contribution in [0.25, 0.3) is 0 Å². The average molecular weight is 302 g/mol. The Morgan fingerprint density at radius 2 is 2.00 bits per heavy atom. The van der Waals surface area contributed by atoms with Gasteiger partial charge in [-0.3, -0.25) is 9.78 Å². The standard InChI is InChI=1S/C17H19FN2O2/c1-3-22-16-5-4-14(12-15(16)18)17(21)20(2)11-8-13-6-9-19-10-7-13/h4-7,9-10,12H,3,8,11H2,1-2H3. The van der Waals surface area contributed by atoms with Gasteiger partial charge in [0.25, 0.3) is 5.91 Å². The summed E-state index contributed by atoms with van der Waals surface area (Å²) in [5.41, 5.74) is 1.42. The third-order valence-corrected chi connectivity index (χ3v) is 3.31. The number of carbonyl (C=O) groups is 1. The number of likely N-dealkylation sites (N-methyl/N-ethyl adjacent to an activating group) is 1. The Morgan fingerprint density at radius 3 is 2.64 bits per heavy atom. The summed E-state index contributed by atoms with van der Waals surface area (Å²) in [4.78, 5) is 17.8. The number of amides is 1. The Kier molecular flexibility index (Phi) is 5.47. The normalized spacial score (nSPS) is 10.3. The fourth-order valence-corrected chi connectivity index (χ4v) is 2.07. The molecule has 0 aliphatic heterocycles. The molecule has 4 nitrogen and oxygen atoms in total. The van der Waals surface area contributed by atoms with Crippen LogP contribution in [-0.4, -0.2) is 36.0 Å². The van der Waals surface area contributed by atoms with Crippen molar-refractivity contribution < 1.29 is 13.9 Å². The van der Waals surface area contributed by atoms with Gasteiger partial charge in [0, 0.05) is 31.5 Å². The van der Waals surface area contributed by atoms with E-state index in [1.54, 1.807) is 37.3 Å². The van der Waals surface area contributed by atoms with Crippen LogP contribution in [0.3, 0.4) is 0 Å². The minimum absolute atomic E-state index is 0.165. The fourth-order valence-electron chi connectivity index (χ4n) is 2.07. The monoisotopic (exact) mass is 302 g/mol. The summed E-state index contributed by atoms with van der Waals surface area (Å²) in [6, 6.07) is 8.11. The van der Waals surface area contributed by atoms with Crippen LogP contribution in [0, 0.1) is 5.82 Å². The van der Waals surface area contributed by atoms with Gasteiger partial charge in [0.15, 0.2) is 11.6 Å². The van der Waals surface area contributed by atoms with Crippen LogP contribution in [0.4, 0.5) is 4.39 Å². The topological polar surface area (TPSA) is 42.4 Å². The van der Waals surface area contributed by atoms with Crippen molar-refractivity contribution in [3.8, 4) is 5.75 Å². The van der Waals surface area contributed by atoms with Crippen LogP contribution < -0.4 is 4.74 Å². The van der Waals surface area contributed by atoms with E-state index in [1.165, 1.54) is 12.1 Å². The van der Waals surface area contributed by atoms with E-state index in [1.807, 2.05) is 12.1 Å². The molecule has 2 rings (SSSR count). The molecule has 0 fully saturated rings. The molecular weight excluding hydrogens is 283 g/mol. The molecule has 0 atom stereocenters. The minimum atomic E-state index is -0.518. The molecule has 0 radical (unpaired) electrons. The number of nitrogens with zero attached hydrogens (tertiary/aromatic N) is 2. The third kappa shape index (κ3) is 4.04. The summed E-state index contributed by atoms with van der Waals surface area (Å²) in [7, 11) is 1.71. The summed E-state index contributed by atoms with van der Waals surface area (Å²) in [6.07, 6.45) is 4.17.